The van der Waals surface area contributed by atoms with Crippen molar-refractivity contribution in [2.75, 3.05) is 11.1 Å². The van der Waals surface area contributed by atoms with E-state index in [1.165, 1.54) is 6.08 Å². The lowest BCUT2D eigenvalue weighted by Crippen LogP contribution is -2.21. The lowest BCUT2D eigenvalue weighted by Gasteiger charge is -2.22. The molecule has 2 unspecified atom stereocenters. The van der Waals surface area contributed by atoms with E-state index in [-0.39, 0.29) is 12.0 Å². The van der Waals surface area contributed by atoms with Gasteiger partial charge in [0.05, 0.1) is 12.9 Å². The Morgan fingerprint density at radius 2 is 2.21 bits per heavy atom. The van der Waals surface area contributed by atoms with Crippen molar-refractivity contribution in [2.24, 2.45) is 11.8 Å². The van der Waals surface area contributed by atoms with Crippen molar-refractivity contribution in [2.45, 2.75) is 50.6 Å². The second-order valence-corrected chi connectivity index (χ2v) is 8.52. The van der Waals surface area contributed by atoms with Crippen LogP contribution >= 0.6 is 11.8 Å². The Bertz CT molecular complexity index is 1020. The topological polar surface area (TPSA) is 55.6 Å². The fourth-order valence-electron chi connectivity index (χ4n) is 3.68. The number of aromatic nitrogens is 4. The molecule has 0 aliphatic heterocycles. The average Bonchev–Trinajstić information content (AvgIpc) is 3.35. The quantitative estimate of drug-likeness (QED) is 0.409. The van der Waals surface area contributed by atoms with E-state index in [1.54, 1.807) is 31.1 Å². The molecule has 2 aliphatic rings. The highest BCUT2D eigenvalue weighted by Gasteiger charge is 2.44. The van der Waals surface area contributed by atoms with Gasteiger partial charge in [-0.2, -0.15) is 0 Å². The number of alkyl halides is 1. The van der Waals surface area contributed by atoms with Crippen LogP contribution in [0.1, 0.15) is 26.7 Å². The lowest BCUT2D eigenvalue weighted by atomic mass is 9.88. The number of allylic oxidation sites excluding steroid dienone is 3. The van der Waals surface area contributed by atoms with Gasteiger partial charge in [0.1, 0.15) is 5.83 Å². The maximum atomic E-state index is 14.1. The average molecular weight is 416 g/mol. The van der Waals surface area contributed by atoms with E-state index in [0.717, 1.165) is 24.2 Å². The zero-order valence-electron chi connectivity index (χ0n) is 16.4. The molecule has 152 valence electrons. The molecule has 0 spiro atoms. The maximum absolute atomic E-state index is 14.1. The molecule has 1 N–H and O–H groups in total. The van der Waals surface area contributed by atoms with E-state index in [0.29, 0.717) is 28.7 Å². The van der Waals surface area contributed by atoms with E-state index in [9.17, 15) is 8.78 Å². The predicted molar refractivity (Wildman–Crippen MR) is 112 cm³/mol. The van der Waals surface area contributed by atoms with Crippen LogP contribution in [0.4, 0.5) is 14.6 Å². The monoisotopic (exact) mass is 415 g/mol. The third kappa shape index (κ3) is 3.88. The van der Waals surface area contributed by atoms with Gasteiger partial charge in [0.2, 0.25) is 0 Å². The highest BCUT2D eigenvalue weighted by atomic mass is 32.2. The van der Waals surface area contributed by atoms with Gasteiger partial charge in [-0.25, -0.2) is 23.7 Å². The van der Waals surface area contributed by atoms with Gasteiger partial charge in [-0.1, -0.05) is 43.2 Å². The van der Waals surface area contributed by atoms with E-state index in [1.807, 2.05) is 4.57 Å². The van der Waals surface area contributed by atoms with Crippen molar-refractivity contribution in [3.8, 4) is 12.3 Å². The molecule has 4 atom stereocenters. The van der Waals surface area contributed by atoms with Gasteiger partial charge in [-0.15, -0.1) is 6.42 Å². The Labute approximate surface area is 173 Å². The molecule has 8 heteroatoms. The first-order valence-corrected chi connectivity index (χ1v) is 10.8. The van der Waals surface area contributed by atoms with Gasteiger partial charge in [0, 0.05) is 23.6 Å². The number of nitrogens with zero attached hydrogens (tertiary/aromatic N) is 4. The van der Waals surface area contributed by atoms with E-state index >= 15 is 0 Å². The Morgan fingerprint density at radius 3 is 2.97 bits per heavy atom. The van der Waals surface area contributed by atoms with Crippen molar-refractivity contribution in [3.05, 3.63) is 29.9 Å². The molecule has 2 aliphatic carbocycles. The molecule has 2 heterocycles. The van der Waals surface area contributed by atoms with E-state index in [2.05, 4.69) is 33.1 Å². The van der Waals surface area contributed by atoms with Crippen LogP contribution in [0.2, 0.25) is 0 Å². The molecule has 0 amide bonds. The molecule has 29 heavy (non-hydrogen) atoms. The largest absolute Gasteiger partial charge is 0.365 e. The van der Waals surface area contributed by atoms with Crippen molar-refractivity contribution in [1.82, 2.24) is 19.5 Å². The first kappa shape index (κ1) is 19.9. The molecule has 0 radical (unpaired) electrons. The van der Waals surface area contributed by atoms with Crippen LogP contribution in [-0.4, -0.2) is 37.5 Å². The Kier molecular flexibility index (Phi) is 5.59. The number of imidazole rings is 1. The maximum Gasteiger partial charge on any atom is 0.191 e. The van der Waals surface area contributed by atoms with Crippen molar-refractivity contribution < 1.29 is 8.78 Å². The number of hydrogen-bond acceptors (Lipinski definition) is 5. The first-order chi connectivity index (χ1) is 14.0. The number of rotatable bonds is 7. The SMILES string of the molecule is C#CCn1cnc2c(N[C@@H]3C[C@H]3C3=CC=C(F)C(F)C3C)nc(SCCC)nc21. The number of anilines is 1. The molecule has 5 nitrogen and oxygen atoms in total. The minimum Gasteiger partial charge on any atom is -0.365 e. The number of hydrogen-bond donors (Lipinski definition) is 1. The van der Waals surface area contributed by atoms with Gasteiger partial charge in [-0.3, -0.25) is 0 Å². The standard InChI is InChI=1S/C21H23F2N5S/c1-4-8-28-11-24-18-19(26-21(27-20(18)28)29-9-5-2)25-16-10-14(16)13-6-7-15(22)17(23)12(13)3/h1,6-7,11-12,14,16-17H,5,8-10H2,2-3H3,(H,25,26,27)/t12?,14-,16+,17?/m0/s1. The fraction of sp³-hybridized carbons (Fsp3) is 0.476. The van der Waals surface area contributed by atoms with Gasteiger partial charge >= 0.3 is 0 Å². The van der Waals surface area contributed by atoms with Crippen LogP contribution in [0.3, 0.4) is 0 Å². The summed E-state index contributed by atoms with van der Waals surface area (Å²) >= 11 is 1.59. The Balaban J connectivity index is 1.59. The highest BCUT2D eigenvalue weighted by Crippen LogP contribution is 2.46. The number of thioether (sulfide) groups is 1. The summed E-state index contributed by atoms with van der Waals surface area (Å²) < 4.78 is 29.4. The van der Waals surface area contributed by atoms with E-state index in [4.69, 9.17) is 6.42 Å². The van der Waals surface area contributed by atoms with E-state index < -0.39 is 17.9 Å². The summed E-state index contributed by atoms with van der Waals surface area (Å²) in [6, 6.07) is 0.116. The summed E-state index contributed by atoms with van der Waals surface area (Å²) in [5.41, 5.74) is 2.32. The van der Waals surface area contributed by atoms with Crippen molar-refractivity contribution in [1.29, 1.82) is 0 Å². The normalized spacial score (nSPS) is 26.0. The molecular formula is C21H23F2N5S. The van der Waals surface area contributed by atoms with Crippen LogP contribution in [0, 0.1) is 24.2 Å². The number of terminal acetylenes is 1. The zero-order valence-corrected chi connectivity index (χ0v) is 17.2. The van der Waals surface area contributed by atoms with Gasteiger partial charge in [0.25, 0.3) is 0 Å². The van der Waals surface area contributed by atoms with Crippen LogP contribution < -0.4 is 5.32 Å². The third-order valence-corrected chi connectivity index (χ3v) is 6.40. The summed E-state index contributed by atoms with van der Waals surface area (Å²) in [5.74, 6) is 3.22. The smallest absolute Gasteiger partial charge is 0.191 e. The second-order valence-electron chi connectivity index (χ2n) is 7.45. The second kappa shape index (κ2) is 8.15. The summed E-state index contributed by atoms with van der Waals surface area (Å²) in [7, 11) is 0. The molecule has 1 fully saturated rings. The van der Waals surface area contributed by atoms with Crippen molar-refractivity contribution in [3.63, 3.8) is 0 Å². The van der Waals surface area contributed by atoms with Gasteiger partial charge in [-0.05, 0) is 18.9 Å². The molecular weight excluding hydrogens is 392 g/mol. The number of halogens is 2. The van der Waals surface area contributed by atoms with Crippen LogP contribution in [-0.2, 0) is 6.54 Å². The Hall–Kier alpha value is -2.40. The molecule has 1 saturated carbocycles. The molecule has 2 aromatic rings. The summed E-state index contributed by atoms with van der Waals surface area (Å²) in [6.45, 7) is 4.23. The molecule has 0 saturated heterocycles. The molecule has 4 rings (SSSR count). The van der Waals surface area contributed by atoms with Crippen molar-refractivity contribution >= 4 is 28.7 Å². The Morgan fingerprint density at radius 1 is 1.38 bits per heavy atom. The minimum atomic E-state index is -1.56. The fourth-order valence-corrected chi connectivity index (χ4v) is 4.38. The molecule has 0 bridgehead atoms. The lowest BCUT2D eigenvalue weighted by molar-refractivity contribution is 0.258. The predicted octanol–water partition coefficient (Wildman–Crippen LogP) is 4.53. The number of fused-ring (bicyclic) bond motifs is 1. The van der Waals surface area contributed by atoms with Crippen LogP contribution in [0.5, 0.6) is 0 Å². The van der Waals surface area contributed by atoms with Gasteiger partial charge in [0.15, 0.2) is 28.3 Å². The van der Waals surface area contributed by atoms with Gasteiger partial charge < -0.3 is 9.88 Å². The summed E-state index contributed by atoms with van der Waals surface area (Å²) in [5, 5.41) is 4.13. The highest BCUT2D eigenvalue weighted by molar-refractivity contribution is 7.99. The van der Waals surface area contributed by atoms with Crippen LogP contribution in [0.15, 0.2) is 35.0 Å². The van der Waals surface area contributed by atoms with Crippen LogP contribution in [0.25, 0.3) is 11.2 Å². The third-order valence-electron chi connectivity index (χ3n) is 5.34. The first-order valence-electron chi connectivity index (χ1n) is 9.80. The summed E-state index contributed by atoms with van der Waals surface area (Å²) in [4.78, 5) is 13.7. The zero-order chi connectivity index (χ0) is 20.5. The molecule has 2 aromatic heterocycles. The summed E-state index contributed by atoms with van der Waals surface area (Å²) in [6.07, 6.45) is 10.4. The molecule has 0 aromatic carbocycles. The minimum absolute atomic E-state index is 0.116. The number of nitrogens with one attached hydrogen (secondary N) is 1.